The van der Waals surface area contributed by atoms with Crippen LogP contribution in [0, 0.1) is 0 Å². The predicted octanol–water partition coefficient (Wildman–Crippen LogP) is 20.3. The molecule has 0 N–H and O–H groups in total. The van der Waals surface area contributed by atoms with E-state index in [4.69, 9.17) is 4.42 Å². The van der Waals surface area contributed by atoms with Crippen LogP contribution < -0.4 is 4.90 Å². The van der Waals surface area contributed by atoms with Crippen molar-refractivity contribution in [3.05, 3.63) is 279 Å². The Morgan fingerprint density at radius 1 is 0.253 bits per heavy atom. The molecule has 0 radical (unpaired) electrons. The Bertz CT molecular complexity index is 4640. The van der Waals surface area contributed by atoms with Gasteiger partial charge in [-0.05, 0) is 156 Å². The number of hydrogen-bond acceptors (Lipinski definition) is 2. The molecular weight excluding hydrogens is 909 g/mol. The lowest BCUT2D eigenvalue weighted by molar-refractivity contribution is 0.672. The zero-order valence-electron chi connectivity index (χ0n) is 40.9. The maximum absolute atomic E-state index is 6.52. The molecule has 3 nitrogen and oxygen atoms in total. The molecule has 13 aromatic carbocycles. The minimum Gasteiger partial charge on any atom is -0.455 e. The maximum atomic E-state index is 6.52. The van der Waals surface area contributed by atoms with Crippen LogP contribution in [0.5, 0.6) is 0 Å². The van der Waals surface area contributed by atoms with E-state index in [2.05, 4.69) is 289 Å². The Hall–Kier alpha value is -9.96. The van der Waals surface area contributed by atoms with E-state index in [0.29, 0.717) is 0 Å². The van der Waals surface area contributed by atoms with Crippen molar-refractivity contribution in [3.63, 3.8) is 0 Å². The molecule has 15 aromatic rings. The van der Waals surface area contributed by atoms with Gasteiger partial charge < -0.3 is 13.9 Å². The van der Waals surface area contributed by atoms with E-state index in [-0.39, 0.29) is 0 Å². The number of fused-ring (bicyclic) bond motifs is 11. The predicted molar refractivity (Wildman–Crippen MR) is 317 cm³/mol. The van der Waals surface area contributed by atoms with Gasteiger partial charge in [-0.25, -0.2) is 0 Å². The van der Waals surface area contributed by atoms with Gasteiger partial charge in [-0.2, -0.15) is 0 Å². The summed E-state index contributed by atoms with van der Waals surface area (Å²) in [5, 5.41) is 12.2. The van der Waals surface area contributed by atoms with Crippen molar-refractivity contribution in [3.8, 4) is 50.2 Å². The molecule has 0 spiro atoms. The topological polar surface area (TPSA) is 21.3 Å². The Morgan fingerprint density at radius 3 is 1.41 bits per heavy atom. The third kappa shape index (κ3) is 7.28. The fourth-order valence-corrected chi connectivity index (χ4v) is 11.6. The first-order valence-corrected chi connectivity index (χ1v) is 25.7. The van der Waals surface area contributed by atoms with Gasteiger partial charge in [0.05, 0.1) is 11.0 Å². The van der Waals surface area contributed by atoms with Crippen LogP contribution in [0.4, 0.5) is 17.1 Å². The first-order chi connectivity index (χ1) is 37.1. The van der Waals surface area contributed by atoms with Crippen molar-refractivity contribution in [2.24, 2.45) is 0 Å². The molecule has 0 aliphatic heterocycles. The molecular formula is C72H46N2O. The van der Waals surface area contributed by atoms with Gasteiger partial charge >= 0.3 is 0 Å². The van der Waals surface area contributed by atoms with Crippen molar-refractivity contribution in [2.45, 2.75) is 0 Å². The molecule has 0 amide bonds. The van der Waals surface area contributed by atoms with Gasteiger partial charge in [0, 0.05) is 49.7 Å². The van der Waals surface area contributed by atoms with Crippen molar-refractivity contribution in [1.29, 1.82) is 0 Å². The highest BCUT2D eigenvalue weighted by atomic mass is 16.3. The van der Waals surface area contributed by atoms with E-state index in [1.807, 2.05) is 0 Å². The fraction of sp³-hybridized carbons (Fsp3) is 0. The number of nitrogens with zero attached hydrogens (tertiary/aromatic N) is 2. The SMILES string of the molecule is c1cc(-c2ccc3oc4c5ccccc5ccc4c3c2)cc(N(c2ccc(-c3ccc(-c4ccc5c(ccc6ccccc65)c4)cc3)cc2)c2ccc(-c3cccc(-n4c5ccccc5c5ccccc54)c3)cc2)c1. The Balaban J connectivity index is 0.787. The van der Waals surface area contributed by atoms with Crippen LogP contribution in [0.3, 0.4) is 0 Å². The summed E-state index contributed by atoms with van der Waals surface area (Å²) in [4.78, 5) is 2.37. The van der Waals surface area contributed by atoms with Crippen LogP contribution in [0.2, 0.25) is 0 Å². The van der Waals surface area contributed by atoms with Crippen LogP contribution in [-0.4, -0.2) is 4.57 Å². The Labute approximate surface area is 434 Å². The third-order valence-electron chi connectivity index (χ3n) is 15.4. The van der Waals surface area contributed by atoms with Gasteiger partial charge in [0.15, 0.2) is 0 Å². The first kappa shape index (κ1) is 42.7. The van der Waals surface area contributed by atoms with Gasteiger partial charge in [-0.3, -0.25) is 0 Å². The molecule has 0 saturated carbocycles. The summed E-state index contributed by atoms with van der Waals surface area (Å²) < 4.78 is 8.90. The number of anilines is 3. The lowest BCUT2D eigenvalue weighted by Gasteiger charge is -2.26. The molecule has 2 aromatic heterocycles. The normalized spacial score (nSPS) is 11.7. The quantitative estimate of drug-likeness (QED) is 0.142. The number of para-hydroxylation sites is 2. The summed E-state index contributed by atoms with van der Waals surface area (Å²) in [7, 11) is 0. The Morgan fingerprint density at radius 2 is 0.720 bits per heavy atom. The molecule has 0 fully saturated rings. The van der Waals surface area contributed by atoms with Crippen LogP contribution >= 0.6 is 0 Å². The van der Waals surface area contributed by atoms with E-state index >= 15 is 0 Å². The summed E-state index contributed by atoms with van der Waals surface area (Å²) in [5.41, 5.74) is 17.9. The zero-order chi connectivity index (χ0) is 49.4. The van der Waals surface area contributed by atoms with Crippen molar-refractivity contribution in [1.82, 2.24) is 4.57 Å². The number of furan rings is 1. The standard InChI is InChI=1S/C72H46N2O/c1-3-17-62-51(11-1)27-28-57-43-55(34-40-63(57)62)49-25-23-47(24-26-49)48-29-36-58(37-30-48)73(60-15-10-14-54(45-60)56-35-42-71-68(46-56)67-41-33-52-12-2-4-18-64(52)72(67)75-71)59-38-31-50(32-39-59)53-13-9-16-61(44-53)74-69-21-7-5-19-65(69)66-20-6-8-22-70(66)74/h1-46H. The molecule has 3 heteroatoms. The summed E-state index contributed by atoms with van der Waals surface area (Å²) in [5.74, 6) is 0. The average molecular weight is 955 g/mol. The molecule has 15 rings (SSSR count). The molecule has 75 heavy (non-hydrogen) atoms. The largest absolute Gasteiger partial charge is 0.455 e. The molecule has 0 aliphatic carbocycles. The molecule has 0 aliphatic rings. The van der Waals surface area contributed by atoms with Gasteiger partial charge in [0.25, 0.3) is 0 Å². The average Bonchev–Trinajstić information content (AvgIpc) is 4.04. The second-order valence-electron chi connectivity index (χ2n) is 19.7. The molecule has 350 valence electrons. The molecule has 0 saturated heterocycles. The highest BCUT2D eigenvalue weighted by Gasteiger charge is 2.18. The smallest absolute Gasteiger partial charge is 0.143 e. The highest BCUT2D eigenvalue weighted by Crippen LogP contribution is 2.42. The lowest BCUT2D eigenvalue weighted by Crippen LogP contribution is -2.10. The van der Waals surface area contributed by atoms with Crippen LogP contribution in [-0.2, 0) is 0 Å². The van der Waals surface area contributed by atoms with Gasteiger partial charge in [0.1, 0.15) is 11.2 Å². The summed E-state index contributed by atoms with van der Waals surface area (Å²) in [6.45, 7) is 0. The molecule has 2 heterocycles. The van der Waals surface area contributed by atoms with E-state index in [1.165, 1.54) is 65.4 Å². The lowest BCUT2D eigenvalue weighted by atomic mass is 9.96. The van der Waals surface area contributed by atoms with E-state index in [1.54, 1.807) is 0 Å². The van der Waals surface area contributed by atoms with Crippen LogP contribution in [0.1, 0.15) is 0 Å². The summed E-state index contributed by atoms with van der Waals surface area (Å²) in [6.07, 6.45) is 0. The summed E-state index contributed by atoms with van der Waals surface area (Å²) >= 11 is 0. The monoisotopic (exact) mass is 954 g/mol. The van der Waals surface area contributed by atoms with E-state index in [9.17, 15) is 0 Å². The zero-order valence-corrected chi connectivity index (χ0v) is 40.9. The highest BCUT2D eigenvalue weighted by molar-refractivity contribution is 6.16. The number of rotatable bonds is 8. The van der Waals surface area contributed by atoms with Crippen molar-refractivity contribution < 1.29 is 4.42 Å². The van der Waals surface area contributed by atoms with Crippen molar-refractivity contribution in [2.75, 3.05) is 4.90 Å². The van der Waals surface area contributed by atoms with E-state index in [0.717, 1.165) is 77.9 Å². The van der Waals surface area contributed by atoms with Crippen LogP contribution in [0.15, 0.2) is 283 Å². The molecule has 0 bridgehead atoms. The molecule has 0 unspecified atom stereocenters. The summed E-state index contributed by atoms with van der Waals surface area (Å²) in [6, 6.07) is 102. The van der Waals surface area contributed by atoms with Gasteiger partial charge in [-0.1, -0.05) is 194 Å². The maximum Gasteiger partial charge on any atom is 0.143 e. The first-order valence-electron chi connectivity index (χ1n) is 25.7. The van der Waals surface area contributed by atoms with Crippen LogP contribution in [0.25, 0.3) is 126 Å². The second kappa shape index (κ2) is 17.4. The van der Waals surface area contributed by atoms with Gasteiger partial charge in [0.2, 0.25) is 0 Å². The number of hydrogen-bond donors (Lipinski definition) is 0. The van der Waals surface area contributed by atoms with Gasteiger partial charge in [-0.15, -0.1) is 0 Å². The minimum absolute atomic E-state index is 0.890. The molecule has 0 atom stereocenters. The van der Waals surface area contributed by atoms with E-state index < -0.39 is 0 Å². The third-order valence-corrected chi connectivity index (χ3v) is 15.4. The Kier molecular flexibility index (Phi) is 9.89. The number of aromatic nitrogens is 1. The number of benzene rings is 13. The minimum atomic E-state index is 0.890. The van der Waals surface area contributed by atoms with Crippen molar-refractivity contribution >= 4 is 93.1 Å². The second-order valence-corrected chi connectivity index (χ2v) is 19.7. The fourth-order valence-electron chi connectivity index (χ4n) is 11.6.